The summed E-state index contributed by atoms with van der Waals surface area (Å²) in [5.41, 5.74) is 0.565. The van der Waals surface area contributed by atoms with Crippen LogP contribution in [0.5, 0.6) is 23.0 Å². The normalized spacial score (nSPS) is 11.9. The maximum Gasteiger partial charge on any atom is 2.00 e. The Morgan fingerprint density at radius 2 is 1.07 bits per heavy atom. The number of amides is 1. The number of nitrogens with one attached hydrogen (secondary N) is 1. The van der Waals surface area contributed by atoms with E-state index in [-0.39, 0.29) is 98.5 Å². The van der Waals surface area contributed by atoms with Crippen molar-refractivity contribution in [2.45, 2.75) is 37.5 Å². The summed E-state index contributed by atoms with van der Waals surface area (Å²) in [4.78, 5) is 16.4. The predicted octanol–water partition coefficient (Wildman–Crippen LogP) is 11.8. The van der Waals surface area contributed by atoms with E-state index in [1.54, 1.807) is 104 Å². The zero-order chi connectivity index (χ0) is 53.5. The van der Waals surface area contributed by atoms with E-state index in [0.29, 0.717) is 51.9 Å². The number of azo groups is 2. The predicted molar refractivity (Wildman–Crippen MR) is 284 cm³/mol. The molecular formula is C52H42CaCl2N6O12S2. The molecule has 0 saturated heterocycles. The van der Waals surface area contributed by atoms with Crippen molar-refractivity contribution in [3.8, 4) is 23.0 Å². The van der Waals surface area contributed by atoms with Crippen molar-refractivity contribution in [1.82, 2.24) is 0 Å². The Labute approximate surface area is 470 Å². The van der Waals surface area contributed by atoms with Crippen LogP contribution in [0.3, 0.4) is 0 Å². The quantitative estimate of drug-likeness (QED) is 0.0260. The number of ether oxygens (including phenoxy) is 2. The molecule has 0 aliphatic rings. The molecule has 8 rings (SSSR count). The molecule has 0 atom stereocenters. The van der Waals surface area contributed by atoms with E-state index in [0.717, 1.165) is 12.1 Å². The van der Waals surface area contributed by atoms with Crippen LogP contribution in [0.15, 0.2) is 169 Å². The number of para-hydroxylation sites is 4. The van der Waals surface area contributed by atoms with Crippen LogP contribution in [0.4, 0.5) is 34.1 Å². The fourth-order valence-corrected chi connectivity index (χ4v) is 9.52. The number of carbonyl (C=O) groups excluding carboxylic acids is 1. The number of phenolic OH excluding ortho intramolecular Hbond substituents is 1. The molecule has 75 heavy (non-hydrogen) atoms. The van der Waals surface area contributed by atoms with Gasteiger partial charge in [0, 0.05) is 20.8 Å². The monoisotopic (exact) mass is 1120 g/mol. The molecule has 0 saturated carbocycles. The van der Waals surface area contributed by atoms with E-state index >= 15 is 0 Å². The van der Waals surface area contributed by atoms with Crippen molar-refractivity contribution < 1.29 is 55.5 Å². The van der Waals surface area contributed by atoms with E-state index < -0.39 is 53.3 Å². The number of carbonyl (C=O) groups is 1. The summed E-state index contributed by atoms with van der Waals surface area (Å²) < 4.78 is 77.0. The van der Waals surface area contributed by atoms with Gasteiger partial charge in [0.25, 0.3) is 26.1 Å². The Hall–Kier alpha value is -6.72. The SMILES string of the molecule is CCOc1ccccc1N=C([O-])c1cc2ccccc2c(N=Nc2cc(Cl)cc(S(=O)(=O)O)c2C)c1[O-].CCOc1ccccc1NC(=O)c1cc2ccccc2c(N=Nc2cc(Cl)cc(S(=O)(=O)O)c2C)c1O.[Ca+2]. The molecular weight excluding hydrogens is 1080 g/mol. The minimum atomic E-state index is -4.57. The molecule has 0 spiro atoms. The fourth-order valence-electron chi connectivity index (χ4n) is 7.43. The van der Waals surface area contributed by atoms with Crippen LogP contribution in [0, 0.1) is 13.8 Å². The van der Waals surface area contributed by atoms with Crippen molar-refractivity contribution in [2.75, 3.05) is 18.5 Å². The summed E-state index contributed by atoms with van der Waals surface area (Å²) in [5, 5.41) is 58.8. The number of rotatable bonds is 14. The third-order valence-electron chi connectivity index (χ3n) is 10.9. The molecule has 380 valence electrons. The van der Waals surface area contributed by atoms with Crippen molar-refractivity contribution in [2.24, 2.45) is 25.4 Å². The van der Waals surface area contributed by atoms with E-state index in [4.69, 9.17) is 32.7 Å². The summed E-state index contributed by atoms with van der Waals surface area (Å²) in [6, 6.07) is 35.2. The average Bonchev–Trinajstić information content (AvgIpc) is 3.35. The van der Waals surface area contributed by atoms with Crippen molar-refractivity contribution in [3.05, 3.63) is 166 Å². The molecule has 0 fully saturated rings. The van der Waals surface area contributed by atoms with Gasteiger partial charge in [-0.1, -0.05) is 102 Å². The van der Waals surface area contributed by atoms with E-state index in [1.807, 2.05) is 6.92 Å². The first-order valence-electron chi connectivity index (χ1n) is 22.1. The van der Waals surface area contributed by atoms with E-state index in [1.165, 1.54) is 38.1 Å². The van der Waals surface area contributed by atoms with Crippen LogP contribution in [-0.2, 0) is 20.2 Å². The number of aromatic hydroxyl groups is 1. The number of nitrogens with zero attached hydrogens (tertiary/aromatic N) is 5. The molecule has 0 aliphatic heterocycles. The molecule has 0 unspecified atom stereocenters. The minimum absolute atomic E-state index is 0. The number of benzene rings is 8. The van der Waals surface area contributed by atoms with Crippen LogP contribution in [-0.4, -0.2) is 93.8 Å². The number of hydrogen-bond donors (Lipinski definition) is 4. The van der Waals surface area contributed by atoms with Crippen molar-refractivity contribution in [3.63, 3.8) is 0 Å². The van der Waals surface area contributed by atoms with Crippen LogP contribution < -0.4 is 25.0 Å². The fraction of sp³-hybridized carbons (Fsp3) is 0.115. The molecule has 8 aromatic rings. The summed E-state index contributed by atoms with van der Waals surface area (Å²) >= 11 is 12.0. The van der Waals surface area contributed by atoms with Gasteiger partial charge < -0.3 is 30.1 Å². The average molecular weight is 1120 g/mol. The number of phenols is 1. The molecule has 0 bridgehead atoms. The standard InChI is InChI=1S/2C26H22ClN3O6S.Ca/c2*1-3-36-22-11-7-6-10-20(22)28-26(32)19-12-16-8-4-5-9-18(16)24(25(19)31)30-29-21-13-17(27)14-23(15(21)2)37(33,34)35;/h2*4-14,31H,3H2,1-2H3,(H,28,32)(H,33,34,35);/q;;+2/p-2. The molecule has 0 heterocycles. The third-order valence-corrected chi connectivity index (χ3v) is 13.3. The zero-order valence-electron chi connectivity index (χ0n) is 40.1. The Bertz CT molecular complexity index is 3830. The van der Waals surface area contributed by atoms with E-state index in [2.05, 4.69) is 30.8 Å². The van der Waals surface area contributed by atoms with Gasteiger partial charge in [0.1, 0.15) is 32.7 Å². The van der Waals surface area contributed by atoms with E-state index in [9.17, 15) is 46.1 Å². The molecule has 23 heteroatoms. The van der Waals surface area contributed by atoms with Gasteiger partial charge in [-0.05, 0) is 122 Å². The summed E-state index contributed by atoms with van der Waals surface area (Å²) in [5.74, 6) is -1.64. The zero-order valence-corrected chi connectivity index (χ0v) is 45.5. The molecule has 8 aromatic carbocycles. The van der Waals surface area contributed by atoms with Gasteiger partial charge in [0.15, 0.2) is 5.75 Å². The largest absolute Gasteiger partial charge is 2.00 e. The van der Waals surface area contributed by atoms with Gasteiger partial charge >= 0.3 is 37.7 Å². The van der Waals surface area contributed by atoms with Gasteiger partial charge in [-0.2, -0.15) is 32.2 Å². The molecule has 4 N–H and O–H groups in total. The molecule has 0 aliphatic carbocycles. The van der Waals surface area contributed by atoms with Crippen LogP contribution in [0.25, 0.3) is 21.5 Å². The smallest absolute Gasteiger partial charge is 0.871 e. The third kappa shape index (κ3) is 13.6. The second kappa shape index (κ2) is 24.7. The number of anilines is 1. The Balaban J connectivity index is 0.000000241. The summed E-state index contributed by atoms with van der Waals surface area (Å²) in [6.07, 6.45) is 0. The first kappa shape index (κ1) is 57.6. The summed E-state index contributed by atoms with van der Waals surface area (Å²) in [7, 11) is -9.13. The second-order valence-corrected chi connectivity index (χ2v) is 19.5. The first-order valence-corrected chi connectivity index (χ1v) is 25.7. The molecule has 18 nitrogen and oxygen atoms in total. The van der Waals surface area contributed by atoms with Crippen LogP contribution in [0.2, 0.25) is 10.0 Å². The number of halogens is 2. The van der Waals surface area contributed by atoms with Crippen LogP contribution in [0.1, 0.15) is 40.9 Å². The summed E-state index contributed by atoms with van der Waals surface area (Å²) in [6.45, 7) is 7.25. The molecule has 0 radical (unpaired) electrons. The maximum atomic E-state index is 13.4. The van der Waals surface area contributed by atoms with Gasteiger partial charge in [-0.3, -0.25) is 18.9 Å². The Morgan fingerprint density at radius 3 is 1.61 bits per heavy atom. The van der Waals surface area contributed by atoms with Gasteiger partial charge in [0.2, 0.25) is 0 Å². The van der Waals surface area contributed by atoms with Gasteiger partial charge in [0.05, 0.1) is 41.5 Å². The number of hydrogen-bond acceptors (Lipinski definition) is 15. The Kier molecular flexibility index (Phi) is 19.0. The van der Waals surface area contributed by atoms with Crippen molar-refractivity contribution >= 4 is 149 Å². The van der Waals surface area contributed by atoms with Crippen LogP contribution >= 0.6 is 23.2 Å². The van der Waals surface area contributed by atoms with Gasteiger partial charge in [-0.25, -0.2) is 0 Å². The maximum absolute atomic E-state index is 13.4. The topological polar surface area (TPSA) is 284 Å². The Morgan fingerprint density at radius 1 is 0.613 bits per heavy atom. The minimum Gasteiger partial charge on any atom is -0.871 e. The second-order valence-electron chi connectivity index (χ2n) is 15.8. The van der Waals surface area contributed by atoms with Gasteiger partial charge in [-0.15, -0.1) is 5.11 Å². The number of aliphatic imine (C=N–C) groups is 1. The molecule has 1 amide bonds. The first-order chi connectivity index (χ1) is 35.2. The number of fused-ring (bicyclic) bond motifs is 2. The molecule has 0 aromatic heterocycles. The van der Waals surface area contributed by atoms with Crippen molar-refractivity contribution in [1.29, 1.82) is 0 Å².